The van der Waals surface area contributed by atoms with E-state index in [-0.39, 0.29) is 62.5 Å². The predicted molar refractivity (Wildman–Crippen MR) is 83.9 cm³/mol. The molecule has 0 aliphatic rings. The quantitative estimate of drug-likeness (QED) is 0.395. The molecule has 134 valence electrons. The van der Waals surface area contributed by atoms with Crippen molar-refractivity contribution < 1.29 is 90.2 Å². The summed E-state index contributed by atoms with van der Waals surface area (Å²) >= 11 is 0. The number of carboxylic acids is 2. The summed E-state index contributed by atoms with van der Waals surface area (Å²) in [6.07, 6.45) is -4.60. The summed E-state index contributed by atoms with van der Waals surface area (Å²) in [5.74, 6) is -5.99. The summed E-state index contributed by atoms with van der Waals surface area (Å²) in [5, 5.41) is 20.5. The van der Waals surface area contributed by atoms with Crippen LogP contribution in [0.25, 0.3) is 0 Å². The third-order valence-electron chi connectivity index (χ3n) is 3.24. The molecule has 0 aromatic heterocycles. The average molecular weight is 396 g/mol. The fraction of sp³-hybridized carbons (Fsp3) is 0.111. The van der Waals surface area contributed by atoms with Crippen LogP contribution in [0.2, 0.25) is 0 Å². The Hall–Kier alpha value is -2.04. The number of hydrogen-bond acceptors (Lipinski definition) is 7. The summed E-state index contributed by atoms with van der Waals surface area (Å²) < 4.78 is 9.42. The number of carboxylic acid groups (broad SMARTS) is 2. The van der Waals surface area contributed by atoms with E-state index in [2.05, 4.69) is 0 Å². The molecule has 0 bridgehead atoms. The molecule has 0 aliphatic heterocycles. The van der Waals surface area contributed by atoms with Crippen molar-refractivity contribution in [3.05, 3.63) is 71.8 Å². The van der Waals surface area contributed by atoms with E-state index in [1.54, 1.807) is 12.1 Å². The molecular formula is C18H13KO8. The number of carbonyl (C=O) groups excluding carboxylic acids is 3. The van der Waals surface area contributed by atoms with Crippen LogP contribution < -0.4 is 56.5 Å². The van der Waals surface area contributed by atoms with Crippen molar-refractivity contribution in [2.75, 3.05) is 0 Å². The van der Waals surface area contributed by atoms with Crippen molar-refractivity contribution in [1.82, 2.24) is 0 Å². The molecule has 0 heterocycles. The zero-order chi connectivity index (χ0) is 19.1. The van der Waals surface area contributed by atoms with Crippen molar-refractivity contribution in [3.63, 3.8) is 0 Å². The Morgan fingerprint density at radius 2 is 1.11 bits per heavy atom. The number of hydrogen-bond donors (Lipinski definition) is 1. The van der Waals surface area contributed by atoms with Gasteiger partial charge in [-0.05, 0) is 24.3 Å². The monoisotopic (exact) mass is 396 g/mol. The topological polar surface area (TPSA) is 130 Å². The molecule has 8 nitrogen and oxygen atoms in total. The minimum atomic E-state index is -2.33. The van der Waals surface area contributed by atoms with E-state index in [1.165, 1.54) is 48.5 Å². The Labute approximate surface area is 196 Å². The second kappa shape index (κ2) is 10.9. The Bertz CT molecular complexity index is 737. The molecule has 0 saturated heterocycles. The standard InChI is InChI=1S/C18H14O8.K/c19-15(20)13(25-17(23)11-7-3-1-4-8-11)14(16(21)22)26-18(24)12-9-5-2-6-10-12;/h1-10,13-14H,(H,19,20)(H,21,22);/q;+1/p-1/t13-,14-;/m1./s1. The molecule has 0 unspecified atom stereocenters. The molecule has 1 N–H and O–H groups in total. The van der Waals surface area contributed by atoms with E-state index in [9.17, 15) is 29.4 Å². The van der Waals surface area contributed by atoms with Gasteiger partial charge in [0.2, 0.25) is 6.10 Å². The van der Waals surface area contributed by atoms with E-state index in [4.69, 9.17) is 9.47 Å². The first-order chi connectivity index (χ1) is 12.4. The van der Waals surface area contributed by atoms with Gasteiger partial charge >= 0.3 is 69.3 Å². The summed E-state index contributed by atoms with van der Waals surface area (Å²) in [7, 11) is 0. The van der Waals surface area contributed by atoms with Gasteiger partial charge in [0, 0.05) is 0 Å². The van der Waals surface area contributed by atoms with Gasteiger partial charge < -0.3 is 24.5 Å². The molecular weight excluding hydrogens is 383 g/mol. The van der Waals surface area contributed by atoms with Crippen LogP contribution in [0.3, 0.4) is 0 Å². The number of ether oxygens (including phenoxy) is 2. The van der Waals surface area contributed by atoms with Crippen LogP contribution in [0.15, 0.2) is 60.7 Å². The Kier molecular flexibility index (Phi) is 9.33. The first-order valence-electron chi connectivity index (χ1n) is 7.36. The van der Waals surface area contributed by atoms with E-state index in [1.807, 2.05) is 0 Å². The van der Waals surface area contributed by atoms with E-state index >= 15 is 0 Å². The summed E-state index contributed by atoms with van der Waals surface area (Å²) in [5.41, 5.74) is 0.00232. The fourth-order valence-electron chi connectivity index (χ4n) is 1.99. The molecule has 0 radical (unpaired) electrons. The summed E-state index contributed by atoms with van der Waals surface area (Å²) in [6.45, 7) is 0. The van der Waals surface area contributed by atoms with Crippen LogP contribution in [0.4, 0.5) is 0 Å². The van der Waals surface area contributed by atoms with Gasteiger partial charge in [0.25, 0.3) is 0 Å². The first-order valence-corrected chi connectivity index (χ1v) is 7.36. The molecule has 9 heteroatoms. The molecule has 0 fully saturated rings. The number of aliphatic carboxylic acids is 2. The SMILES string of the molecule is O=C(O[C@@H](C(=O)[O-])[C@@H](OC(=O)c1ccccc1)C(=O)O)c1ccccc1.[K+]. The van der Waals surface area contributed by atoms with Crippen LogP contribution in [-0.2, 0) is 19.1 Å². The maximum Gasteiger partial charge on any atom is 1.00 e. The molecule has 0 spiro atoms. The zero-order valence-electron chi connectivity index (χ0n) is 14.2. The smallest absolute Gasteiger partial charge is 0.546 e. The van der Waals surface area contributed by atoms with Gasteiger partial charge in [-0.3, -0.25) is 0 Å². The van der Waals surface area contributed by atoms with Gasteiger partial charge in [0.15, 0.2) is 6.10 Å². The minimum Gasteiger partial charge on any atom is -0.546 e. The number of carbonyl (C=O) groups is 4. The van der Waals surface area contributed by atoms with Crippen LogP contribution in [0.1, 0.15) is 20.7 Å². The van der Waals surface area contributed by atoms with E-state index in [0.717, 1.165) is 0 Å². The third-order valence-corrected chi connectivity index (χ3v) is 3.24. The van der Waals surface area contributed by atoms with Crippen LogP contribution >= 0.6 is 0 Å². The van der Waals surface area contributed by atoms with Gasteiger partial charge in [0.1, 0.15) is 0 Å². The van der Waals surface area contributed by atoms with Gasteiger partial charge in [0.05, 0.1) is 17.1 Å². The average Bonchev–Trinajstić information content (AvgIpc) is 2.65. The van der Waals surface area contributed by atoms with Crippen molar-refractivity contribution in [1.29, 1.82) is 0 Å². The fourth-order valence-corrected chi connectivity index (χ4v) is 1.99. The van der Waals surface area contributed by atoms with Gasteiger partial charge in [-0.1, -0.05) is 36.4 Å². The molecule has 0 aliphatic carbocycles. The second-order valence-electron chi connectivity index (χ2n) is 5.04. The molecule has 2 atom stereocenters. The van der Waals surface area contributed by atoms with Crippen LogP contribution in [0, 0.1) is 0 Å². The third kappa shape index (κ3) is 6.56. The van der Waals surface area contributed by atoms with Gasteiger partial charge in [-0.15, -0.1) is 0 Å². The van der Waals surface area contributed by atoms with E-state index in [0.29, 0.717) is 0 Å². The molecule has 0 saturated carbocycles. The van der Waals surface area contributed by atoms with Gasteiger partial charge in [-0.2, -0.15) is 0 Å². The van der Waals surface area contributed by atoms with Crippen LogP contribution in [-0.4, -0.2) is 41.2 Å². The Morgan fingerprint density at radius 1 is 0.741 bits per heavy atom. The van der Waals surface area contributed by atoms with Crippen LogP contribution in [0.5, 0.6) is 0 Å². The summed E-state index contributed by atoms with van der Waals surface area (Å²) in [4.78, 5) is 46.7. The maximum absolute atomic E-state index is 12.0. The molecule has 2 aromatic carbocycles. The first kappa shape index (κ1) is 23.0. The predicted octanol–water partition coefficient (Wildman–Crippen LogP) is -2.72. The minimum absolute atomic E-state index is 0. The van der Waals surface area contributed by atoms with Crippen molar-refractivity contribution in [2.24, 2.45) is 0 Å². The maximum atomic E-state index is 12.0. The molecule has 2 rings (SSSR count). The molecule has 2 aromatic rings. The normalized spacial score (nSPS) is 12.0. The number of benzene rings is 2. The van der Waals surface area contributed by atoms with Crippen molar-refractivity contribution in [2.45, 2.75) is 12.2 Å². The number of rotatable bonds is 7. The van der Waals surface area contributed by atoms with Gasteiger partial charge in [-0.25, -0.2) is 14.4 Å². The zero-order valence-corrected chi connectivity index (χ0v) is 17.4. The largest absolute Gasteiger partial charge is 1.00 e. The second-order valence-corrected chi connectivity index (χ2v) is 5.04. The molecule has 0 amide bonds. The van der Waals surface area contributed by atoms with E-state index < -0.39 is 36.1 Å². The summed E-state index contributed by atoms with van der Waals surface area (Å²) in [6, 6.07) is 14.7. The Balaban J connectivity index is 0.00000364. The molecule has 27 heavy (non-hydrogen) atoms. The Morgan fingerprint density at radius 3 is 1.44 bits per heavy atom. The van der Waals surface area contributed by atoms with Crippen molar-refractivity contribution >= 4 is 23.9 Å². The van der Waals surface area contributed by atoms with Crippen molar-refractivity contribution in [3.8, 4) is 0 Å². The number of esters is 2.